The van der Waals surface area contributed by atoms with E-state index >= 15 is 0 Å². The SMILES string of the molecule is CNCCOCCN1CCN(c2ccc(C(=O)N(C=O)C(CCC=O)C(=O)NC)c(C)c2)CC1. The van der Waals surface area contributed by atoms with E-state index in [0.717, 1.165) is 55.4 Å². The van der Waals surface area contributed by atoms with E-state index in [9.17, 15) is 19.2 Å². The van der Waals surface area contributed by atoms with Crippen LogP contribution in [0.1, 0.15) is 28.8 Å². The molecule has 1 aromatic rings. The van der Waals surface area contributed by atoms with Crippen molar-refractivity contribution in [1.82, 2.24) is 20.4 Å². The third kappa shape index (κ3) is 7.61. The number of anilines is 1. The quantitative estimate of drug-likeness (QED) is 0.287. The first-order valence-electron chi connectivity index (χ1n) is 11.7. The molecule has 1 heterocycles. The number of hydrogen-bond donors (Lipinski definition) is 2. The molecule has 2 rings (SSSR count). The smallest absolute Gasteiger partial charge is 0.261 e. The standard InChI is InChI=1S/C24H37N5O5/c1-19-17-20(28-11-9-27(10-12-28)13-16-34-15-8-25-2)6-7-21(19)24(33)29(18-31)22(5-4-14-30)23(32)26-3/h6-7,14,17-18,22,25H,4-5,8-13,15-16H2,1-3H3,(H,26,32). The lowest BCUT2D eigenvalue weighted by Crippen LogP contribution is -2.48. The molecule has 1 saturated heterocycles. The predicted molar refractivity (Wildman–Crippen MR) is 130 cm³/mol. The molecule has 2 N–H and O–H groups in total. The Bertz CT molecular complexity index is 826. The number of rotatable bonds is 14. The normalized spacial score (nSPS) is 15.0. The summed E-state index contributed by atoms with van der Waals surface area (Å²) in [5.74, 6) is -1.04. The van der Waals surface area contributed by atoms with Crippen molar-refractivity contribution in [2.75, 3.05) is 71.5 Å². The molecule has 0 radical (unpaired) electrons. The summed E-state index contributed by atoms with van der Waals surface area (Å²) in [6.45, 7) is 8.60. The third-order valence-electron chi connectivity index (χ3n) is 6.02. The number of hydrogen-bond acceptors (Lipinski definition) is 8. The first-order valence-corrected chi connectivity index (χ1v) is 11.7. The number of nitrogens with one attached hydrogen (secondary N) is 2. The van der Waals surface area contributed by atoms with E-state index < -0.39 is 17.9 Å². The maximum Gasteiger partial charge on any atom is 0.261 e. The fraction of sp³-hybridized carbons (Fsp3) is 0.583. The van der Waals surface area contributed by atoms with Crippen molar-refractivity contribution < 1.29 is 23.9 Å². The van der Waals surface area contributed by atoms with Crippen molar-refractivity contribution in [3.8, 4) is 0 Å². The van der Waals surface area contributed by atoms with E-state index in [1.807, 2.05) is 26.1 Å². The van der Waals surface area contributed by atoms with E-state index in [1.54, 1.807) is 6.07 Å². The van der Waals surface area contributed by atoms with Gasteiger partial charge in [0.2, 0.25) is 12.3 Å². The van der Waals surface area contributed by atoms with Crippen LogP contribution in [0.15, 0.2) is 18.2 Å². The molecule has 1 aliphatic rings. The van der Waals surface area contributed by atoms with Gasteiger partial charge in [-0.05, 0) is 44.2 Å². The molecule has 1 atom stereocenters. The van der Waals surface area contributed by atoms with Crippen LogP contribution < -0.4 is 15.5 Å². The number of piperazine rings is 1. The summed E-state index contributed by atoms with van der Waals surface area (Å²) in [6, 6.07) is 4.48. The Morgan fingerprint density at radius 2 is 1.88 bits per heavy atom. The molecular weight excluding hydrogens is 438 g/mol. The predicted octanol–water partition coefficient (Wildman–Crippen LogP) is 0.0453. The van der Waals surface area contributed by atoms with Gasteiger partial charge in [-0.1, -0.05) is 0 Å². The van der Waals surface area contributed by atoms with Crippen LogP contribution in [0.25, 0.3) is 0 Å². The molecule has 0 spiro atoms. The van der Waals surface area contributed by atoms with Crippen molar-refractivity contribution in [2.45, 2.75) is 25.8 Å². The van der Waals surface area contributed by atoms with Crippen molar-refractivity contribution in [1.29, 1.82) is 0 Å². The number of ether oxygens (including phenoxy) is 1. The highest BCUT2D eigenvalue weighted by Crippen LogP contribution is 2.22. The molecule has 34 heavy (non-hydrogen) atoms. The minimum Gasteiger partial charge on any atom is -0.379 e. The second-order valence-corrected chi connectivity index (χ2v) is 8.24. The molecule has 1 aliphatic heterocycles. The van der Waals surface area contributed by atoms with Gasteiger partial charge >= 0.3 is 0 Å². The van der Waals surface area contributed by atoms with Gasteiger partial charge in [0.1, 0.15) is 12.3 Å². The monoisotopic (exact) mass is 475 g/mol. The summed E-state index contributed by atoms with van der Waals surface area (Å²) in [5, 5.41) is 5.52. The number of imide groups is 1. The van der Waals surface area contributed by atoms with Crippen LogP contribution >= 0.6 is 0 Å². The van der Waals surface area contributed by atoms with E-state index in [1.165, 1.54) is 7.05 Å². The third-order valence-corrected chi connectivity index (χ3v) is 6.02. The molecule has 1 fully saturated rings. The summed E-state index contributed by atoms with van der Waals surface area (Å²) in [6.07, 6.45) is 1.18. The van der Waals surface area contributed by atoms with Gasteiger partial charge in [-0.2, -0.15) is 0 Å². The Morgan fingerprint density at radius 3 is 2.47 bits per heavy atom. The van der Waals surface area contributed by atoms with Gasteiger partial charge in [0.25, 0.3) is 5.91 Å². The van der Waals surface area contributed by atoms with Gasteiger partial charge in [0.15, 0.2) is 0 Å². The van der Waals surface area contributed by atoms with Crippen molar-refractivity contribution in [3.63, 3.8) is 0 Å². The fourth-order valence-corrected chi connectivity index (χ4v) is 3.98. The number of likely N-dealkylation sites (N-methyl/N-ethyl adjacent to an activating group) is 2. The van der Waals surface area contributed by atoms with E-state index in [4.69, 9.17) is 4.74 Å². The van der Waals surface area contributed by atoms with Crippen molar-refractivity contribution in [2.24, 2.45) is 0 Å². The number of nitrogens with zero attached hydrogens (tertiary/aromatic N) is 3. The van der Waals surface area contributed by atoms with Crippen molar-refractivity contribution in [3.05, 3.63) is 29.3 Å². The highest BCUT2D eigenvalue weighted by Gasteiger charge is 2.30. The van der Waals surface area contributed by atoms with Gasteiger partial charge in [0.05, 0.1) is 13.2 Å². The van der Waals surface area contributed by atoms with Crippen LogP contribution in [-0.2, 0) is 19.1 Å². The van der Waals surface area contributed by atoms with Gasteiger partial charge in [0, 0.05) is 64.0 Å². The summed E-state index contributed by atoms with van der Waals surface area (Å²) in [7, 11) is 3.34. The Morgan fingerprint density at radius 1 is 1.15 bits per heavy atom. The van der Waals surface area contributed by atoms with E-state index in [0.29, 0.717) is 31.5 Å². The molecule has 0 saturated carbocycles. The molecule has 1 aromatic carbocycles. The Hall–Kier alpha value is -2.82. The molecule has 10 heteroatoms. The zero-order valence-corrected chi connectivity index (χ0v) is 20.4. The topological polar surface area (TPSA) is 111 Å². The van der Waals surface area contributed by atoms with Crippen LogP contribution in [0.5, 0.6) is 0 Å². The van der Waals surface area contributed by atoms with Crippen LogP contribution in [0.3, 0.4) is 0 Å². The fourth-order valence-electron chi connectivity index (χ4n) is 3.98. The first kappa shape index (κ1) is 27.4. The minimum absolute atomic E-state index is 0.0711. The molecule has 3 amide bonds. The average Bonchev–Trinajstić information content (AvgIpc) is 2.86. The van der Waals surface area contributed by atoms with Gasteiger partial charge in [-0.3, -0.25) is 24.2 Å². The molecule has 0 bridgehead atoms. The lowest BCUT2D eigenvalue weighted by molar-refractivity contribution is -0.131. The van der Waals surface area contributed by atoms with Gasteiger partial charge in [-0.15, -0.1) is 0 Å². The first-order chi connectivity index (χ1) is 16.5. The highest BCUT2D eigenvalue weighted by molar-refractivity contribution is 6.04. The Labute approximate surface area is 201 Å². The number of benzene rings is 1. The Kier molecular flexibility index (Phi) is 11.7. The zero-order valence-electron chi connectivity index (χ0n) is 20.4. The number of aryl methyl sites for hydroxylation is 1. The number of amides is 3. The van der Waals surface area contributed by atoms with Crippen LogP contribution in [0, 0.1) is 6.92 Å². The maximum atomic E-state index is 13.1. The molecule has 0 aromatic heterocycles. The Balaban J connectivity index is 2.01. The molecule has 10 nitrogen and oxygen atoms in total. The average molecular weight is 476 g/mol. The molecule has 0 aliphatic carbocycles. The number of aldehydes is 1. The second kappa shape index (κ2) is 14.4. The lowest BCUT2D eigenvalue weighted by Gasteiger charge is -2.36. The van der Waals surface area contributed by atoms with E-state index in [-0.39, 0.29) is 12.8 Å². The van der Waals surface area contributed by atoms with Gasteiger partial charge < -0.3 is 25.1 Å². The molecule has 188 valence electrons. The number of carbonyl (C=O) groups excluding carboxylic acids is 4. The second-order valence-electron chi connectivity index (χ2n) is 8.24. The molecule has 1 unspecified atom stereocenters. The highest BCUT2D eigenvalue weighted by atomic mass is 16.5. The van der Waals surface area contributed by atoms with Crippen LogP contribution in [0.2, 0.25) is 0 Å². The number of carbonyl (C=O) groups is 4. The van der Waals surface area contributed by atoms with E-state index in [2.05, 4.69) is 20.4 Å². The summed E-state index contributed by atoms with van der Waals surface area (Å²) >= 11 is 0. The molecular formula is C24H37N5O5. The summed E-state index contributed by atoms with van der Waals surface area (Å²) in [4.78, 5) is 53.4. The minimum atomic E-state index is -1.03. The van der Waals surface area contributed by atoms with Crippen molar-refractivity contribution >= 4 is 30.2 Å². The summed E-state index contributed by atoms with van der Waals surface area (Å²) in [5.41, 5.74) is 2.09. The largest absolute Gasteiger partial charge is 0.379 e. The van der Waals surface area contributed by atoms with Crippen LogP contribution in [-0.4, -0.2) is 107 Å². The lowest BCUT2D eigenvalue weighted by atomic mass is 10.0. The van der Waals surface area contributed by atoms with Crippen LogP contribution in [0.4, 0.5) is 5.69 Å². The zero-order chi connectivity index (χ0) is 24.9. The maximum absolute atomic E-state index is 13.1. The summed E-state index contributed by atoms with van der Waals surface area (Å²) < 4.78 is 5.61. The van der Waals surface area contributed by atoms with Gasteiger partial charge in [-0.25, -0.2) is 0 Å².